The molecule has 0 atom stereocenters. The van der Waals surface area contributed by atoms with Crippen LogP contribution in [0.15, 0.2) is 66.7 Å². The van der Waals surface area contributed by atoms with E-state index < -0.39 is 0 Å². The lowest BCUT2D eigenvalue weighted by molar-refractivity contribution is 1.10. The number of nitriles is 1. The first-order chi connectivity index (χ1) is 8.90. The molecule has 88 valence electrons. The van der Waals surface area contributed by atoms with Crippen LogP contribution in [-0.4, -0.2) is 6.54 Å². The van der Waals surface area contributed by atoms with Gasteiger partial charge in [0.15, 0.2) is 6.19 Å². The topological polar surface area (TPSA) is 27.0 Å². The Labute approximate surface area is 107 Å². The molecule has 2 heteroatoms. The number of nitrogens with zero attached hydrogens (tertiary/aromatic N) is 2. The van der Waals surface area contributed by atoms with Crippen LogP contribution in [0.5, 0.6) is 0 Å². The maximum absolute atomic E-state index is 9.12. The molecule has 0 N–H and O–H groups in total. The van der Waals surface area contributed by atoms with E-state index in [0.717, 1.165) is 11.3 Å². The zero-order valence-corrected chi connectivity index (χ0v) is 10.0. The number of anilines is 1. The molecular formula is C16H14N2. The van der Waals surface area contributed by atoms with E-state index in [2.05, 4.69) is 6.19 Å². The highest BCUT2D eigenvalue weighted by molar-refractivity contribution is 5.54. The van der Waals surface area contributed by atoms with Crippen molar-refractivity contribution in [2.75, 3.05) is 11.4 Å². The lowest BCUT2D eigenvalue weighted by Gasteiger charge is -2.12. The number of benzene rings is 2. The van der Waals surface area contributed by atoms with Crippen molar-refractivity contribution >= 4 is 11.8 Å². The van der Waals surface area contributed by atoms with Gasteiger partial charge >= 0.3 is 0 Å². The fourth-order valence-electron chi connectivity index (χ4n) is 1.67. The Kier molecular flexibility index (Phi) is 4.16. The molecule has 0 aliphatic heterocycles. The molecule has 0 aromatic heterocycles. The summed E-state index contributed by atoms with van der Waals surface area (Å²) in [5.41, 5.74) is 2.06. The van der Waals surface area contributed by atoms with Crippen LogP contribution in [0.3, 0.4) is 0 Å². The predicted molar refractivity (Wildman–Crippen MR) is 74.9 cm³/mol. The van der Waals surface area contributed by atoms with Gasteiger partial charge in [-0.15, -0.1) is 0 Å². The largest absolute Gasteiger partial charge is 0.276 e. The molecule has 0 amide bonds. The highest BCUT2D eigenvalue weighted by atomic mass is 15.1. The second kappa shape index (κ2) is 6.27. The van der Waals surface area contributed by atoms with Crippen LogP contribution in [0, 0.1) is 11.5 Å². The number of para-hydroxylation sites is 1. The quantitative estimate of drug-likeness (QED) is 0.596. The second-order valence-electron chi connectivity index (χ2n) is 3.86. The Morgan fingerprint density at radius 3 is 2.17 bits per heavy atom. The molecule has 0 aliphatic carbocycles. The SMILES string of the molecule is N#CN(C/C=C/c1ccccc1)c1ccccc1. The number of hydrogen-bond acceptors (Lipinski definition) is 2. The molecule has 18 heavy (non-hydrogen) atoms. The van der Waals surface area contributed by atoms with Crippen molar-refractivity contribution in [3.05, 3.63) is 72.3 Å². The summed E-state index contributed by atoms with van der Waals surface area (Å²) in [5, 5.41) is 9.12. The van der Waals surface area contributed by atoms with E-state index in [-0.39, 0.29) is 0 Å². The summed E-state index contributed by atoms with van der Waals surface area (Å²) in [5.74, 6) is 0. The molecule has 2 aromatic carbocycles. The maximum atomic E-state index is 9.12. The third-order valence-electron chi connectivity index (χ3n) is 2.59. The Bertz CT molecular complexity index is 538. The molecule has 0 spiro atoms. The molecule has 2 aromatic rings. The van der Waals surface area contributed by atoms with Crippen LogP contribution >= 0.6 is 0 Å². The van der Waals surface area contributed by atoms with Crippen molar-refractivity contribution in [2.45, 2.75) is 0 Å². The lowest BCUT2D eigenvalue weighted by Crippen LogP contribution is -2.15. The summed E-state index contributed by atoms with van der Waals surface area (Å²) in [6.45, 7) is 0.579. The molecule has 2 rings (SSSR count). The van der Waals surface area contributed by atoms with Gasteiger partial charge in [-0.3, -0.25) is 4.90 Å². The van der Waals surface area contributed by atoms with Crippen LogP contribution in [0.2, 0.25) is 0 Å². The van der Waals surface area contributed by atoms with Crippen LogP contribution in [0.25, 0.3) is 6.08 Å². The molecule has 0 saturated carbocycles. The summed E-state index contributed by atoms with van der Waals surface area (Å²) >= 11 is 0. The van der Waals surface area contributed by atoms with Crippen LogP contribution in [-0.2, 0) is 0 Å². The van der Waals surface area contributed by atoms with Gasteiger partial charge in [0.1, 0.15) is 0 Å². The van der Waals surface area contributed by atoms with Gasteiger partial charge in [0.25, 0.3) is 0 Å². The lowest BCUT2D eigenvalue weighted by atomic mass is 10.2. The van der Waals surface area contributed by atoms with Crippen molar-refractivity contribution in [1.29, 1.82) is 5.26 Å². The van der Waals surface area contributed by atoms with Gasteiger partial charge in [-0.05, 0) is 17.7 Å². The van der Waals surface area contributed by atoms with E-state index in [1.165, 1.54) is 0 Å². The molecule has 0 aliphatic rings. The van der Waals surface area contributed by atoms with E-state index in [0.29, 0.717) is 6.54 Å². The Morgan fingerprint density at radius 1 is 0.944 bits per heavy atom. The highest BCUT2D eigenvalue weighted by Gasteiger charge is 2.00. The standard InChI is InChI=1S/C16H14N2/c17-14-18(16-11-5-2-6-12-16)13-7-10-15-8-3-1-4-9-15/h1-12H,13H2/b10-7+. The molecule has 0 heterocycles. The Morgan fingerprint density at radius 2 is 1.56 bits per heavy atom. The van der Waals surface area contributed by atoms with Gasteiger partial charge in [-0.2, -0.15) is 5.26 Å². The van der Waals surface area contributed by atoms with Crippen LogP contribution in [0.4, 0.5) is 5.69 Å². The minimum atomic E-state index is 0.579. The Hall–Kier alpha value is -2.53. The molecule has 0 unspecified atom stereocenters. The molecule has 0 fully saturated rings. The first kappa shape index (κ1) is 11.9. The Balaban J connectivity index is 2.01. The van der Waals surface area contributed by atoms with Gasteiger partial charge in [0.05, 0.1) is 12.2 Å². The monoisotopic (exact) mass is 234 g/mol. The van der Waals surface area contributed by atoms with Gasteiger partial charge in [0.2, 0.25) is 0 Å². The van der Waals surface area contributed by atoms with Crippen LogP contribution < -0.4 is 4.90 Å². The first-order valence-corrected chi connectivity index (χ1v) is 5.84. The average molecular weight is 234 g/mol. The van der Waals surface area contributed by atoms with E-state index in [1.54, 1.807) is 4.90 Å². The summed E-state index contributed by atoms with van der Waals surface area (Å²) in [6, 6.07) is 19.7. The highest BCUT2D eigenvalue weighted by Crippen LogP contribution is 2.12. The summed E-state index contributed by atoms with van der Waals surface area (Å²) in [7, 11) is 0. The predicted octanol–water partition coefficient (Wildman–Crippen LogP) is 3.69. The zero-order valence-electron chi connectivity index (χ0n) is 10.0. The summed E-state index contributed by atoms with van der Waals surface area (Å²) < 4.78 is 0. The fourth-order valence-corrected chi connectivity index (χ4v) is 1.67. The molecular weight excluding hydrogens is 220 g/mol. The summed E-state index contributed by atoms with van der Waals surface area (Å²) in [6.07, 6.45) is 6.20. The minimum absolute atomic E-state index is 0.579. The minimum Gasteiger partial charge on any atom is -0.276 e. The molecule has 0 radical (unpaired) electrons. The van der Waals surface area contributed by atoms with E-state index in [4.69, 9.17) is 5.26 Å². The number of rotatable bonds is 4. The van der Waals surface area contributed by atoms with Gasteiger partial charge in [0, 0.05) is 0 Å². The van der Waals surface area contributed by atoms with Gasteiger partial charge in [-0.1, -0.05) is 60.7 Å². The van der Waals surface area contributed by atoms with Crippen molar-refractivity contribution in [3.63, 3.8) is 0 Å². The smallest absolute Gasteiger partial charge is 0.184 e. The average Bonchev–Trinajstić information content (AvgIpc) is 2.46. The normalized spacial score (nSPS) is 10.2. The molecule has 0 saturated heterocycles. The first-order valence-electron chi connectivity index (χ1n) is 5.84. The second-order valence-corrected chi connectivity index (χ2v) is 3.86. The third kappa shape index (κ3) is 3.23. The van der Waals surface area contributed by atoms with Crippen LogP contribution in [0.1, 0.15) is 5.56 Å². The molecule has 2 nitrogen and oxygen atoms in total. The maximum Gasteiger partial charge on any atom is 0.184 e. The van der Waals surface area contributed by atoms with Crippen molar-refractivity contribution < 1.29 is 0 Å². The van der Waals surface area contributed by atoms with Crippen molar-refractivity contribution in [3.8, 4) is 6.19 Å². The van der Waals surface area contributed by atoms with E-state index >= 15 is 0 Å². The zero-order chi connectivity index (χ0) is 12.6. The number of hydrogen-bond donors (Lipinski definition) is 0. The fraction of sp³-hybridized carbons (Fsp3) is 0.0625. The van der Waals surface area contributed by atoms with E-state index in [9.17, 15) is 0 Å². The summed E-state index contributed by atoms with van der Waals surface area (Å²) in [4.78, 5) is 1.65. The van der Waals surface area contributed by atoms with Crippen molar-refractivity contribution in [1.82, 2.24) is 0 Å². The van der Waals surface area contributed by atoms with E-state index in [1.807, 2.05) is 72.8 Å². The van der Waals surface area contributed by atoms with Crippen molar-refractivity contribution in [2.24, 2.45) is 0 Å². The third-order valence-corrected chi connectivity index (χ3v) is 2.59. The van der Waals surface area contributed by atoms with Gasteiger partial charge < -0.3 is 0 Å². The van der Waals surface area contributed by atoms with Gasteiger partial charge in [-0.25, -0.2) is 0 Å². The molecule has 0 bridgehead atoms.